The highest BCUT2D eigenvalue weighted by Gasteiger charge is 2.10. The summed E-state index contributed by atoms with van der Waals surface area (Å²) in [7, 11) is 0. The van der Waals surface area contributed by atoms with Crippen molar-refractivity contribution in [3.05, 3.63) is 50.4 Å². The molecular formula is C10H7FN4O4. The molecule has 0 aliphatic heterocycles. The summed E-state index contributed by atoms with van der Waals surface area (Å²) in [4.78, 5) is 34.6. The van der Waals surface area contributed by atoms with E-state index in [9.17, 15) is 18.8 Å². The van der Waals surface area contributed by atoms with Crippen LogP contribution in [0.5, 0.6) is 0 Å². The Labute approximate surface area is 103 Å². The van der Waals surface area contributed by atoms with Gasteiger partial charge in [-0.15, -0.1) is 5.10 Å². The highest BCUT2D eigenvalue weighted by Crippen LogP contribution is 2.17. The third kappa shape index (κ3) is 2.65. The minimum Gasteiger partial charge on any atom is -0.478 e. The van der Waals surface area contributed by atoms with Gasteiger partial charge >= 0.3 is 11.7 Å². The molecule has 4 N–H and O–H groups in total. The van der Waals surface area contributed by atoms with Crippen molar-refractivity contribution in [1.82, 2.24) is 15.2 Å². The van der Waals surface area contributed by atoms with E-state index in [0.717, 1.165) is 18.2 Å². The molecule has 0 spiro atoms. The summed E-state index contributed by atoms with van der Waals surface area (Å²) in [5.41, 5.74) is -2.00. The van der Waals surface area contributed by atoms with Gasteiger partial charge < -0.3 is 10.4 Å². The van der Waals surface area contributed by atoms with Gasteiger partial charge in [0.15, 0.2) is 0 Å². The van der Waals surface area contributed by atoms with Crippen LogP contribution < -0.4 is 16.6 Å². The van der Waals surface area contributed by atoms with Gasteiger partial charge in [-0.3, -0.25) is 9.78 Å². The predicted octanol–water partition coefficient (Wildman–Crippen LogP) is 0.0391. The van der Waals surface area contributed by atoms with Crippen LogP contribution in [-0.2, 0) is 0 Å². The zero-order valence-corrected chi connectivity index (χ0v) is 9.23. The van der Waals surface area contributed by atoms with Crippen LogP contribution in [0.15, 0.2) is 27.8 Å². The summed E-state index contributed by atoms with van der Waals surface area (Å²) in [6.45, 7) is 0. The van der Waals surface area contributed by atoms with Crippen molar-refractivity contribution in [1.29, 1.82) is 0 Å². The average molecular weight is 266 g/mol. The molecule has 0 unspecified atom stereocenters. The number of carboxylic acid groups (broad SMARTS) is 1. The van der Waals surface area contributed by atoms with E-state index in [1.807, 2.05) is 10.1 Å². The van der Waals surface area contributed by atoms with E-state index in [1.165, 1.54) is 0 Å². The number of hydrogen-bond acceptors (Lipinski definition) is 5. The molecule has 19 heavy (non-hydrogen) atoms. The number of nitrogens with one attached hydrogen (secondary N) is 3. The van der Waals surface area contributed by atoms with Crippen molar-refractivity contribution in [2.45, 2.75) is 0 Å². The highest BCUT2D eigenvalue weighted by molar-refractivity contribution is 5.88. The third-order valence-electron chi connectivity index (χ3n) is 2.18. The van der Waals surface area contributed by atoms with Gasteiger partial charge in [0, 0.05) is 0 Å². The summed E-state index contributed by atoms with van der Waals surface area (Å²) < 4.78 is 13.6. The first-order chi connectivity index (χ1) is 8.97. The second-order valence-electron chi connectivity index (χ2n) is 3.48. The molecule has 98 valence electrons. The largest absolute Gasteiger partial charge is 0.478 e. The van der Waals surface area contributed by atoms with Crippen LogP contribution >= 0.6 is 0 Å². The summed E-state index contributed by atoms with van der Waals surface area (Å²) in [5, 5.41) is 16.4. The maximum atomic E-state index is 13.6. The number of aromatic carboxylic acids is 1. The molecular weight excluding hydrogens is 259 g/mol. The molecule has 1 aromatic heterocycles. The Kier molecular flexibility index (Phi) is 3.10. The van der Waals surface area contributed by atoms with Gasteiger partial charge in [0.1, 0.15) is 5.82 Å². The fourth-order valence-corrected chi connectivity index (χ4v) is 1.31. The maximum absolute atomic E-state index is 13.6. The van der Waals surface area contributed by atoms with Crippen LogP contribution in [0.25, 0.3) is 0 Å². The predicted molar refractivity (Wildman–Crippen MR) is 62.1 cm³/mol. The van der Waals surface area contributed by atoms with E-state index in [1.54, 1.807) is 0 Å². The molecule has 0 amide bonds. The van der Waals surface area contributed by atoms with Crippen LogP contribution in [0.2, 0.25) is 0 Å². The number of carboxylic acids is 1. The van der Waals surface area contributed by atoms with Gasteiger partial charge in [-0.1, -0.05) is 0 Å². The van der Waals surface area contributed by atoms with Crippen LogP contribution in [0.3, 0.4) is 0 Å². The Morgan fingerprint density at radius 2 is 2.11 bits per heavy atom. The Hall–Kier alpha value is -2.97. The van der Waals surface area contributed by atoms with Crippen LogP contribution in [0.4, 0.5) is 15.9 Å². The molecule has 0 aliphatic carbocycles. The van der Waals surface area contributed by atoms with E-state index in [2.05, 4.69) is 10.4 Å². The van der Waals surface area contributed by atoms with Crippen molar-refractivity contribution in [3.8, 4) is 0 Å². The SMILES string of the molecule is O=C(O)c1ccc(Nc2n[nH]c(=O)[nH]c2=O)c(F)c1. The number of anilines is 2. The van der Waals surface area contributed by atoms with Crippen molar-refractivity contribution in [2.75, 3.05) is 5.32 Å². The second-order valence-corrected chi connectivity index (χ2v) is 3.48. The lowest BCUT2D eigenvalue weighted by Crippen LogP contribution is -2.26. The van der Waals surface area contributed by atoms with Crippen molar-refractivity contribution in [3.63, 3.8) is 0 Å². The van der Waals surface area contributed by atoms with E-state index < -0.39 is 23.0 Å². The molecule has 0 fully saturated rings. The van der Waals surface area contributed by atoms with E-state index in [-0.39, 0.29) is 17.1 Å². The topological polar surface area (TPSA) is 128 Å². The summed E-state index contributed by atoms with van der Waals surface area (Å²) in [5.74, 6) is -2.46. The average Bonchev–Trinajstić information content (AvgIpc) is 2.34. The first-order valence-electron chi connectivity index (χ1n) is 4.96. The smallest absolute Gasteiger partial charge is 0.342 e. The van der Waals surface area contributed by atoms with Gasteiger partial charge in [-0.25, -0.2) is 19.1 Å². The Balaban J connectivity index is 2.36. The standard InChI is InChI=1S/C10H7FN4O4/c11-5-3-4(9(17)18)1-2-6(5)12-7-8(16)13-10(19)15-14-7/h1-3H,(H,12,14)(H,17,18)(H2,13,15,16,19). The Morgan fingerprint density at radius 3 is 2.68 bits per heavy atom. The summed E-state index contributed by atoms with van der Waals surface area (Å²) in [6.07, 6.45) is 0. The maximum Gasteiger partial charge on any atom is 0.342 e. The Bertz CT molecular complexity index is 752. The van der Waals surface area contributed by atoms with E-state index in [4.69, 9.17) is 5.11 Å². The lowest BCUT2D eigenvalue weighted by Gasteiger charge is -2.05. The molecule has 0 aliphatic rings. The molecule has 2 rings (SSSR count). The van der Waals surface area contributed by atoms with Crippen LogP contribution in [-0.4, -0.2) is 26.3 Å². The quantitative estimate of drug-likeness (QED) is 0.621. The monoisotopic (exact) mass is 266 g/mol. The molecule has 0 saturated heterocycles. The molecule has 0 radical (unpaired) electrons. The zero-order chi connectivity index (χ0) is 14.0. The first-order valence-corrected chi connectivity index (χ1v) is 4.96. The number of halogens is 1. The number of benzene rings is 1. The summed E-state index contributed by atoms with van der Waals surface area (Å²) >= 11 is 0. The zero-order valence-electron chi connectivity index (χ0n) is 9.23. The molecule has 1 heterocycles. The molecule has 8 nitrogen and oxygen atoms in total. The van der Waals surface area contributed by atoms with Gasteiger partial charge in [0.05, 0.1) is 11.3 Å². The lowest BCUT2D eigenvalue weighted by atomic mass is 10.2. The fourth-order valence-electron chi connectivity index (χ4n) is 1.31. The van der Waals surface area contributed by atoms with Crippen molar-refractivity contribution in [2.24, 2.45) is 0 Å². The highest BCUT2D eigenvalue weighted by atomic mass is 19.1. The molecule has 0 saturated carbocycles. The van der Waals surface area contributed by atoms with Crippen LogP contribution in [0.1, 0.15) is 10.4 Å². The minimum absolute atomic E-state index is 0.143. The number of carbonyl (C=O) groups is 1. The number of rotatable bonds is 3. The van der Waals surface area contributed by atoms with Gasteiger partial charge in [-0.05, 0) is 18.2 Å². The molecule has 1 aromatic carbocycles. The van der Waals surface area contributed by atoms with Gasteiger partial charge in [0.25, 0.3) is 5.56 Å². The number of hydrogen-bond donors (Lipinski definition) is 4. The van der Waals surface area contributed by atoms with Crippen LogP contribution in [0, 0.1) is 5.82 Å². The fraction of sp³-hybridized carbons (Fsp3) is 0. The molecule has 2 aromatic rings. The lowest BCUT2D eigenvalue weighted by molar-refractivity contribution is 0.0696. The van der Waals surface area contributed by atoms with Gasteiger partial charge in [-0.2, -0.15) is 0 Å². The third-order valence-corrected chi connectivity index (χ3v) is 2.18. The number of nitrogens with zero attached hydrogens (tertiary/aromatic N) is 1. The number of H-pyrrole nitrogens is 2. The Morgan fingerprint density at radius 1 is 1.37 bits per heavy atom. The summed E-state index contributed by atoms with van der Waals surface area (Å²) in [6, 6.07) is 3.10. The number of aromatic amines is 2. The second kappa shape index (κ2) is 4.72. The van der Waals surface area contributed by atoms with Gasteiger partial charge in [0.2, 0.25) is 5.82 Å². The van der Waals surface area contributed by atoms with E-state index >= 15 is 0 Å². The molecule has 0 bridgehead atoms. The number of aromatic nitrogens is 3. The normalized spacial score (nSPS) is 10.2. The molecule has 9 heteroatoms. The van der Waals surface area contributed by atoms with Crippen molar-refractivity contribution < 1.29 is 14.3 Å². The van der Waals surface area contributed by atoms with E-state index in [0.29, 0.717) is 0 Å². The first kappa shape index (κ1) is 12.5. The minimum atomic E-state index is -1.27. The van der Waals surface area contributed by atoms with Crippen molar-refractivity contribution >= 4 is 17.5 Å². The molecule has 0 atom stereocenters.